The van der Waals surface area contributed by atoms with Crippen LogP contribution >= 0.6 is 0 Å². The van der Waals surface area contributed by atoms with E-state index in [1.54, 1.807) is 18.3 Å². The van der Waals surface area contributed by atoms with Crippen molar-refractivity contribution in [2.75, 3.05) is 31.1 Å². The summed E-state index contributed by atoms with van der Waals surface area (Å²) in [6.45, 7) is 3.77. The van der Waals surface area contributed by atoms with E-state index in [0.717, 1.165) is 32.2 Å². The van der Waals surface area contributed by atoms with Gasteiger partial charge in [0.15, 0.2) is 0 Å². The second kappa shape index (κ2) is 4.57. The average molecular weight is 247 g/mol. The molecule has 2 aliphatic rings. The minimum atomic E-state index is -0.900. The summed E-state index contributed by atoms with van der Waals surface area (Å²) in [6.07, 6.45) is 4.31. The first-order chi connectivity index (χ1) is 8.75. The van der Waals surface area contributed by atoms with Gasteiger partial charge in [0.1, 0.15) is 11.4 Å². The summed E-state index contributed by atoms with van der Waals surface area (Å²) in [6, 6.07) is 4.08. The number of hydrogen-bond acceptors (Lipinski definition) is 4. The lowest BCUT2D eigenvalue weighted by Gasteiger charge is -2.35. The van der Waals surface area contributed by atoms with Crippen LogP contribution < -0.4 is 4.90 Å². The lowest BCUT2D eigenvalue weighted by molar-refractivity contribution is 0.0697. The maximum absolute atomic E-state index is 11.2. The van der Waals surface area contributed by atoms with Crippen molar-refractivity contribution in [3.8, 4) is 0 Å². The molecule has 1 aliphatic carbocycles. The number of aromatic nitrogens is 1. The van der Waals surface area contributed by atoms with Gasteiger partial charge >= 0.3 is 5.97 Å². The van der Waals surface area contributed by atoms with Gasteiger partial charge in [-0.25, -0.2) is 9.78 Å². The van der Waals surface area contributed by atoms with Crippen molar-refractivity contribution in [1.82, 2.24) is 9.88 Å². The van der Waals surface area contributed by atoms with Crippen LogP contribution in [0.5, 0.6) is 0 Å². The van der Waals surface area contributed by atoms with Gasteiger partial charge in [-0.05, 0) is 25.0 Å². The third-order valence-corrected chi connectivity index (χ3v) is 3.69. The predicted octanol–water partition coefficient (Wildman–Crippen LogP) is 1.06. The van der Waals surface area contributed by atoms with E-state index in [9.17, 15) is 4.79 Å². The van der Waals surface area contributed by atoms with E-state index in [4.69, 9.17) is 5.11 Å². The lowest BCUT2D eigenvalue weighted by atomic mass is 10.2. The molecule has 1 N–H and O–H groups in total. The van der Waals surface area contributed by atoms with Gasteiger partial charge in [0, 0.05) is 38.4 Å². The smallest absolute Gasteiger partial charge is 0.339 e. The molecule has 5 nitrogen and oxygen atoms in total. The number of carbonyl (C=O) groups is 1. The van der Waals surface area contributed by atoms with E-state index >= 15 is 0 Å². The quantitative estimate of drug-likeness (QED) is 0.865. The molecule has 96 valence electrons. The summed E-state index contributed by atoms with van der Waals surface area (Å²) in [5.41, 5.74) is 0.303. The largest absolute Gasteiger partial charge is 0.478 e. The molecule has 0 spiro atoms. The summed E-state index contributed by atoms with van der Waals surface area (Å²) in [5, 5.41) is 9.17. The van der Waals surface area contributed by atoms with Gasteiger partial charge in [-0.1, -0.05) is 0 Å². The molecule has 0 bridgehead atoms. The number of pyridine rings is 1. The standard InChI is InChI=1S/C13H17N3O2/c17-13(18)11-2-1-5-14-12(11)16-8-6-15(7-9-16)10-3-4-10/h1-2,5,10H,3-4,6-9H2,(H,17,18). The van der Waals surface area contributed by atoms with Crippen molar-refractivity contribution in [2.24, 2.45) is 0 Å². The number of piperazine rings is 1. The van der Waals surface area contributed by atoms with Gasteiger partial charge < -0.3 is 10.0 Å². The zero-order valence-corrected chi connectivity index (χ0v) is 10.2. The van der Waals surface area contributed by atoms with Gasteiger partial charge in [-0.3, -0.25) is 4.90 Å². The van der Waals surface area contributed by atoms with Crippen LogP contribution in [0.3, 0.4) is 0 Å². The number of aromatic carboxylic acids is 1. The Labute approximate surface area is 106 Å². The Morgan fingerprint density at radius 2 is 2.00 bits per heavy atom. The van der Waals surface area contributed by atoms with E-state index < -0.39 is 5.97 Å². The zero-order chi connectivity index (χ0) is 12.5. The average Bonchev–Trinajstić information content (AvgIpc) is 3.23. The van der Waals surface area contributed by atoms with Gasteiger partial charge in [0.2, 0.25) is 0 Å². The molecule has 2 heterocycles. The number of rotatable bonds is 3. The van der Waals surface area contributed by atoms with Crippen LogP contribution in [0.2, 0.25) is 0 Å². The topological polar surface area (TPSA) is 56.7 Å². The summed E-state index contributed by atoms with van der Waals surface area (Å²) >= 11 is 0. The van der Waals surface area contributed by atoms with Crippen LogP contribution in [0.25, 0.3) is 0 Å². The molecule has 1 aromatic rings. The third-order valence-electron chi connectivity index (χ3n) is 3.69. The summed E-state index contributed by atoms with van der Waals surface area (Å²) in [5.74, 6) is -0.289. The molecule has 0 atom stereocenters. The SMILES string of the molecule is O=C(O)c1cccnc1N1CCN(C2CC2)CC1. The van der Waals surface area contributed by atoms with Gasteiger partial charge in [0.05, 0.1) is 0 Å². The fraction of sp³-hybridized carbons (Fsp3) is 0.538. The molecule has 0 aromatic carbocycles. The molecule has 3 rings (SSSR count). The summed E-state index contributed by atoms with van der Waals surface area (Å²) in [4.78, 5) is 20.0. The molecule has 0 unspecified atom stereocenters. The maximum Gasteiger partial charge on any atom is 0.339 e. The first-order valence-electron chi connectivity index (χ1n) is 6.43. The van der Waals surface area contributed by atoms with Crippen LogP contribution in [-0.4, -0.2) is 53.2 Å². The van der Waals surface area contributed by atoms with Crippen LogP contribution in [-0.2, 0) is 0 Å². The van der Waals surface area contributed by atoms with Gasteiger partial charge in [0.25, 0.3) is 0 Å². The van der Waals surface area contributed by atoms with Crippen LogP contribution in [0, 0.1) is 0 Å². The first kappa shape index (κ1) is 11.5. The third kappa shape index (κ3) is 2.18. The molecule has 0 amide bonds. The highest BCUT2D eigenvalue weighted by atomic mass is 16.4. The first-order valence-corrected chi connectivity index (χ1v) is 6.43. The fourth-order valence-corrected chi connectivity index (χ4v) is 2.55. The Kier molecular flexibility index (Phi) is 2.91. The number of anilines is 1. The molecule has 1 aliphatic heterocycles. The highest BCUT2D eigenvalue weighted by Crippen LogP contribution is 2.28. The van der Waals surface area contributed by atoms with Gasteiger partial charge in [-0.2, -0.15) is 0 Å². The fourth-order valence-electron chi connectivity index (χ4n) is 2.55. The maximum atomic E-state index is 11.2. The Morgan fingerprint density at radius 1 is 1.28 bits per heavy atom. The molecule has 1 aromatic heterocycles. The van der Waals surface area contributed by atoms with Crippen molar-refractivity contribution in [2.45, 2.75) is 18.9 Å². The Bertz CT molecular complexity index is 451. The van der Waals surface area contributed by atoms with E-state index in [1.807, 2.05) is 0 Å². The van der Waals surface area contributed by atoms with Crippen molar-refractivity contribution in [3.63, 3.8) is 0 Å². The highest BCUT2D eigenvalue weighted by Gasteiger charge is 2.32. The number of hydrogen-bond donors (Lipinski definition) is 1. The minimum Gasteiger partial charge on any atom is -0.478 e. The van der Waals surface area contributed by atoms with E-state index in [1.165, 1.54) is 12.8 Å². The van der Waals surface area contributed by atoms with Gasteiger partial charge in [-0.15, -0.1) is 0 Å². The molecule has 5 heteroatoms. The van der Waals surface area contributed by atoms with Crippen LogP contribution in [0.15, 0.2) is 18.3 Å². The Hall–Kier alpha value is -1.62. The Balaban J connectivity index is 1.73. The molecular formula is C13H17N3O2. The molecule has 1 saturated carbocycles. The monoisotopic (exact) mass is 247 g/mol. The number of nitrogens with zero attached hydrogens (tertiary/aromatic N) is 3. The van der Waals surface area contributed by atoms with E-state index in [2.05, 4.69) is 14.8 Å². The molecule has 18 heavy (non-hydrogen) atoms. The van der Waals surface area contributed by atoms with Crippen molar-refractivity contribution < 1.29 is 9.90 Å². The summed E-state index contributed by atoms with van der Waals surface area (Å²) in [7, 11) is 0. The molecule has 0 radical (unpaired) electrons. The van der Waals surface area contributed by atoms with Crippen molar-refractivity contribution in [1.29, 1.82) is 0 Å². The predicted molar refractivity (Wildman–Crippen MR) is 68.0 cm³/mol. The number of carboxylic acid groups (broad SMARTS) is 1. The highest BCUT2D eigenvalue weighted by molar-refractivity contribution is 5.93. The molecular weight excluding hydrogens is 230 g/mol. The normalized spacial score (nSPS) is 21.0. The second-order valence-electron chi connectivity index (χ2n) is 4.93. The number of carboxylic acids is 1. The molecule has 2 fully saturated rings. The second-order valence-corrected chi connectivity index (χ2v) is 4.93. The minimum absolute atomic E-state index is 0.303. The van der Waals surface area contributed by atoms with Crippen molar-refractivity contribution >= 4 is 11.8 Å². The zero-order valence-electron chi connectivity index (χ0n) is 10.2. The van der Waals surface area contributed by atoms with E-state index in [0.29, 0.717) is 11.4 Å². The Morgan fingerprint density at radius 3 is 2.61 bits per heavy atom. The summed E-state index contributed by atoms with van der Waals surface area (Å²) < 4.78 is 0. The van der Waals surface area contributed by atoms with E-state index in [-0.39, 0.29) is 0 Å². The van der Waals surface area contributed by atoms with Crippen molar-refractivity contribution in [3.05, 3.63) is 23.9 Å². The lowest BCUT2D eigenvalue weighted by Crippen LogP contribution is -2.47. The molecule has 1 saturated heterocycles. The van der Waals surface area contributed by atoms with Crippen LogP contribution in [0.4, 0.5) is 5.82 Å². The van der Waals surface area contributed by atoms with Crippen LogP contribution in [0.1, 0.15) is 23.2 Å².